The zero-order valence-corrected chi connectivity index (χ0v) is 9.03. The molecule has 1 aromatic carbocycles. The fraction of sp³-hybridized carbons (Fsp3) is 0.273. The fourth-order valence-electron chi connectivity index (χ4n) is 1.94. The molecule has 5 nitrogen and oxygen atoms in total. The predicted molar refractivity (Wildman–Crippen MR) is 61.3 cm³/mol. The standard InChI is InChI=1S/C11H14N4O/c1-11(8-5-3-2-4-6-8)7-9(16)14-15-10(11)13-12/h2-6H,7,12H2,1H3,(H,13,15)(H,14,16). The molecule has 16 heavy (non-hydrogen) atoms. The Morgan fingerprint density at radius 3 is 2.62 bits per heavy atom. The van der Waals surface area contributed by atoms with Gasteiger partial charge in [0.15, 0.2) is 5.84 Å². The van der Waals surface area contributed by atoms with Gasteiger partial charge in [-0.15, -0.1) is 0 Å². The summed E-state index contributed by atoms with van der Waals surface area (Å²) in [6.07, 6.45) is 0.333. The van der Waals surface area contributed by atoms with Gasteiger partial charge in [-0.1, -0.05) is 30.3 Å². The molecule has 1 fully saturated rings. The van der Waals surface area contributed by atoms with Gasteiger partial charge in [-0.25, -0.2) is 0 Å². The maximum absolute atomic E-state index is 11.4. The number of hydrogen-bond donors (Lipinski definition) is 3. The lowest BCUT2D eigenvalue weighted by atomic mass is 9.77. The van der Waals surface area contributed by atoms with E-state index in [1.165, 1.54) is 0 Å². The van der Waals surface area contributed by atoms with E-state index >= 15 is 0 Å². The zero-order chi connectivity index (χ0) is 11.6. The average molecular weight is 218 g/mol. The number of carbonyl (C=O) groups is 1. The first-order chi connectivity index (χ1) is 7.66. The first-order valence-corrected chi connectivity index (χ1v) is 5.05. The molecule has 1 aliphatic heterocycles. The van der Waals surface area contributed by atoms with Crippen molar-refractivity contribution in [3.8, 4) is 0 Å². The second-order valence-electron chi connectivity index (χ2n) is 4.03. The van der Waals surface area contributed by atoms with Crippen LogP contribution in [-0.2, 0) is 10.2 Å². The minimum Gasteiger partial charge on any atom is -0.322 e. The molecule has 4 N–H and O–H groups in total. The smallest absolute Gasteiger partial charge is 0.239 e. The number of hydrazone groups is 1. The molecule has 1 atom stereocenters. The monoisotopic (exact) mass is 218 g/mol. The van der Waals surface area contributed by atoms with Crippen molar-refractivity contribution in [3.05, 3.63) is 35.9 Å². The average Bonchev–Trinajstić information content (AvgIpc) is 2.30. The Morgan fingerprint density at radius 2 is 2.00 bits per heavy atom. The van der Waals surface area contributed by atoms with Crippen LogP contribution in [0.4, 0.5) is 0 Å². The molecule has 0 aromatic heterocycles. The molecule has 0 radical (unpaired) electrons. The summed E-state index contributed by atoms with van der Waals surface area (Å²) in [7, 11) is 0. The van der Waals surface area contributed by atoms with Gasteiger partial charge in [-0.05, 0) is 12.5 Å². The number of nitrogens with zero attached hydrogens (tertiary/aromatic N) is 1. The molecular formula is C11H14N4O. The minimum absolute atomic E-state index is 0.0706. The minimum atomic E-state index is -0.488. The van der Waals surface area contributed by atoms with Crippen LogP contribution in [0.3, 0.4) is 0 Å². The SMILES string of the molecule is CC1(c2ccccc2)CC(=O)NN/C1=N\N. The van der Waals surface area contributed by atoms with Gasteiger partial charge in [0.05, 0.1) is 5.41 Å². The normalized spacial score (nSPS) is 27.3. The predicted octanol–water partition coefficient (Wildman–Crippen LogP) is 0.241. The molecule has 84 valence electrons. The summed E-state index contributed by atoms with van der Waals surface area (Å²) in [6.45, 7) is 1.94. The van der Waals surface area contributed by atoms with Crippen molar-refractivity contribution < 1.29 is 4.79 Å². The van der Waals surface area contributed by atoms with Crippen molar-refractivity contribution in [3.63, 3.8) is 0 Å². The Hall–Kier alpha value is -2.04. The molecule has 2 rings (SSSR count). The highest BCUT2D eigenvalue weighted by molar-refractivity contribution is 6.00. The Bertz CT molecular complexity index is 429. The van der Waals surface area contributed by atoms with E-state index < -0.39 is 5.41 Å². The van der Waals surface area contributed by atoms with E-state index in [1.807, 2.05) is 37.3 Å². The third-order valence-electron chi connectivity index (χ3n) is 2.90. The largest absolute Gasteiger partial charge is 0.322 e. The molecule has 0 aliphatic carbocycles. The number of nitrogens with two attached hydrogens (primary N) is 1. The van der Waals surface area contributed by atoms with E-state index in [0.29, 0.717) is 12.3 Å². The quantitative estimate of drug-likeness (QED) is 0.466. The van der Waals surface area contributed by atoms with E-state index in [-0.39, 0.29) is 5.91 Å². The highest BCUT2D eigenvalue weighted by Gasteiger charge is 2.38. The lowest BCUT2D eigenvalue weighted by Gasteiger charge is -2.35. The maximum Gasteiger partial charge on any atom is 0.239 e. The van der Waals surface area contributed by atoms with Crippen LogP contribution in [0.15, 0.2) is 35.4 Å². The van der Waals surface area contributed by atoms with Crippen molar-refractivity contribution in [2.75, 3.05) is 0 Å². The summed E-state index contributed by atoms with van der Waals surface area (Å²) in [5, 5.41) is 3.70. The molecular weight excluding hydrogens is 204 g/mol. The molecule has 0 spiro atoms. The number of hydrazine groups is 1. The molecule has 1 amide bonds. The lowest BCUT2D eigenvalue weighted by molar-refractivity contribution is -0.123. The van der Waals surface area contributed by atoms with E-state index in [0.717, 1.165) is 5.56 Å². The van der Waals surface area contributed by atoms with Gasteiger partial charge in [0, 0.05) is 6.42 Å². The number of benzene rings is 1. The van der Waals surface area contributed by atoms with Crippen LogP contribution in [0.1, 0.15) is 18.9 Å². The topological polar surface area (TPSA) is 79.5 Å². The van der Waals surface area contributed by atoms with Crippen molar-refractivity contribution >= 4 is 11.7 Å². The summed E-state index contributed by atoms with van der Waals surface area (Å²) >= 11 is 0. The van der Waals surface area contributed by atoms with Gasteiger partial charge in [-0.3, -0.25) is 15.6 Å². The lowest BCUT2D eigenvalue weighted by Crippen LogP contribution is -2.58. The molecule has 0 saturated carbocycles. The Morgan fingerprint density at radius 1 is 1.31 bits per heavy atom. The van der Waals surface area contributed by atoms with Gasteiger partial charge in [0.25, 0.3) is 0 Å². The highest BCUT2D eigenvalue weighted by Crippen LogP contribution is 2.29. The van der Waals surface area contributed by atoms with Crippen molar-refractivity contribution in [1.82, 2.24) is 10.9 Å². The zero-order valence-electron chi connectivity index (χ0n) is 9.03. The van der Waals surface area contributed by atoms with Gasteiger partial charge in [0.2, 0.25) is 5.91 Å². The number of carbonyl (C=O) groups excluding carboxylic acids is 1. The van der Waals surface area contributed by atoms with Gasteiger partial charge >= 0.3 is 0 Å². The summed E-state index contributed by atoms with van der Waals surface area (Å²) in [5.41, 5.74) is 5.77. The first kappa shape index (κ1) is 10.5. The summed E-state index contributed by atoms with van der Waals surface area (Å²) < 4.78 is 0. The summed E-state index contributed by atoms with van der Waals surface area (Å²) in [5.74, 6) is 5.83. The van der Waals surface area contributed by atoms with Crippen molar-refractivity contribution in [2.24, 2.45) is 10.9 Å². The summed E-state index contributed by atoms with van der Waals surface area (Å²) in [4.78, 5) is 11.4. The molecule has 1 unspecified atom stereocenters. The Balaban J connectivity index is 2.44. The number of nitrogens with one attached hydrogen (secondary N) is 2. The molecule has 1 heterocycles. The van der Waals surface area contributed by atoms with Crippen LogP contribution < -0.4 is 16.7 Å². The van der Waals surface area contributed by atoms with Crippen LogP contribution in [0, 0.1) is 0 Å². The van der Waals surface area contributed by atoms with E-state index in [1.54, 1.807) is 0 Å². The van der Waals surface area contributed by atoms with Gasteiger partial charge in [0.1, 0.15) is 0 Å². The third-order valence-corrected chi connectivity index (χ3v) is 2.90. The third kappa shape index (κ3) is 1.60. The van der Waals surface area contributed by atoms with Crippen molar-refractivity contribution in [1.29, 1.82) is 0 Å². The molecule has 0 bridgehead atoms. The number of rotatable bonds is 1. The van der Waals surface area contributed by atoms with Gasteiger partial charge < -0.3 is 5.84 Å². The molecule has 1 aromatic rings. The Labute approximate surface area is 93.7 Å². The molecule has 1 aliphatic rings. The van der Waals surface area contributed by atoms with Crippen LogP contribution in [0.2, 0.25) is 0 Å². The number of amidine groups is 1. The Kier molecular flexibility index (Phi) is 2.52. The van der Waals surface area contributed by atoms with Crippen LogP contribution in [0.25, 0.3) is 0 Å². The van der Waals surface area contributed by atoms with Crippen LogP contribution in [-0.4, -0.2) is 11.7 Å². The fourth-order valence-corrected chi connectivity index (χ4v) is 1.94. The van der Waals surface area contributed by atoms with Crippen LogP contribution in [0.5, 0.6) is 0 Å². The summed E-state index contributed by atoms with van der Waals surface area (Å²) in [6, 6.07) is 9.72. The molecule has 1 saturated heterocycles. The van der Waals surface area contributed by atoms with E-state index in [9.17, 15) is 4.79 Å². The van der Waals surface area contributed by atoms with Gasteiger partial charge in [-0.2, -0.15) is 5.10 Å². The van der Waals surface area contributed by atoms with Crippen LogP contribution >= 0.6 is 0 Å². The second kappa shape index (κ2) is 3.84. The first-order valence-electron chi connectivity index (χ1n) is 5.05. The second-order valence-corrected chi connectivity index (χ2v) is 4.03. The van der Waals surface area contributed by atoms with Crippen molar-refractivity contribution in [2.45, 2.75) is 18.8 Å². The maximum atomic E-state index is 11.4. The highest BCUT2D eigenvalue weighted by atomic mass is 16.2. The van der Waals surface area contributed by atoms with E-state index in [2.05, 4.69) is 16.0 Å². The number of amides is 1. The number of hydrogen-bond acceptors (Lipinski definition) is 3. The molecule has 5 heteroatoms. The van der Waals surface area contributed by atoms with E-state index in [4.69, 9.17) is 5.84 Å².